The Bertz CT molecular complexity index is 930. The van der Waals surface area contributed by atoms with E-state index in [0.29, 0.717) is 11.8 Å². The van der Waals surface area contributed by atoms with Crippen molar-refractivity contribution in [2.24, 2.45) is 0 Å². The zero-order valence-corrected chi connectivity index (χ0v) is 15.5. The van der Waals surface area contributed by atoms with Crippen molar-refractivity contribution in [3.8, 4) is 0 Å². The molecule has 26 heavy (non-hydrogen) atoms. The van der Waals surface area contributed by atoms with Gasteiger partial charge in [0.05, 0.1) is 5.25 Å². The number of hydrogen-bond acceptors (Lipinski definition) is 2. The number of hydrogen-bond donors (Lipinski definition) is 1. The molecule has 1 atom stereocenters. The maximum absolute atomic E-state index is 13.0. The third-order valence-corrected chi connectivity index (χ3v) is 7.10. The topological polar surface area (TPSA) is 36.1 Å². The Kier molecular flexibility index (Phi) is 4.01. The lowest BCUT2D eigenvalue weighted by Gasteiger charge is -2.33. The van der Waals surface area contributed by atoms with Gasteiger partial charge in [0.25, 0.3) is 0 Å². The van der Waals surface area contributed by atoms with Gasteiger partial charge in [-0.15, -0.1) is 11.8 Å². The average Bonchev–Trinajstić information content (AvgIpc) is 3.32. The predicted molar refractivity (Wildman–Crippen MR) is 107 cm³/mol. The lowest BCUT2D eigenvalue weighted by Crippen LogP contribution is -2.42. The summed E-state index contributed by atoms with van der Waals surface area (Å²) < 4.78 is 0. The van der Waals surface area contributed by atoms with Crippen molar-refractivity contribution in [3.05, 3.63) is 65.9 Å². The number of rotatable bonds is 2. The molecule has 3 heterocycles. The Labute approximate surface area is 157 Å². The minimum Gasteiger partial charge on any atom is -0.361 e. The van der Waals surface area contributed by atoms with Crippen LogP contribution in [0.15, 0.2) is 59.6 Å². The first-order valence-corrected chi connectivity index (χ1v) is 10.3. The number of aromatic nitrogens is 1. The smallest absolute Gasteiger partial charge is 0.236 e. The van der Waals surface area contributed by atoms with Crippen molar-refractivity contribution < 1.29 is 4.79 Å². The fraction of sp³-hybridized carbons (Fsp3) is 0.318. The molecule has 0 aliphatic carbocycles. The molecule has 0 saturated carbocycles. The Balaban J connectivity index is 1.25. The number of carbonyl (C=O) groups is 1. The van der Waals surface area contributed by atoms with Gasteiger partial charge in [-0.3, -0.25) is 4.79 Å². The molecule has 3 aromatic rings. The zero-order chi connectivity index (χ0) is 17.5. The van der Waals surface area contributed by atoms with E-state index in [1.54, 1.807) is 11.8 Å². The van der Waals surface area contributed by atoms with E-state index < -0.39 is 0 Å². The van der Waals surface area contributed by atoms with E-state index in [-0.39, 0.29) is 5.25 Å². The number of carbonyl (C=O) groups excluding carboxylic acids is 1. The van der Waals surface area contributed by atoms with Crippen molar-refractivity contribution in [2.45, 2.75) is 35.3 Å². The summed E-state index contributed by atoms with van der Waals surface area (Å²) in [5.74, 6) is 0.868. The van der Waals surface area contributed by atoms with Gasteiger partial charge in [-0.2, -0.15) is 0 Å². The first-order valence-electron chi connectivity index (χ1n) is 9.39. The summed E-state index contributed by atoms with van der Waals surface area (Å²) in [7, 11) is 0. The maximum atomic E-state index is 13.0. The molecule has 1 fully saturated rings. The van der Waals surface area contributed by atoms with Crippen LogP contribution >= 0.6 is 11.8 Å². The SMILES string of the molecule is O=C(C1Cc2ccccc2S1)N1CCC(c2c[nH]c3ccccc23)CC1. The van der Waals surface area contributed by atoms with E-state index in [4.69, 9.17) is 0 Å². The fourth-order valence-corrected chi connectivity index (χ4v) is 5.65. The maximum Gasteiger partial charge on any atom is 0.236 e. The predicted octanol–water partition coefficient (Wildman–Crippen LogP) is 4.59. The fourth-order valence-electron chi connectivity index (χ4n) is 4.37. The summed E-state index contributed by atoms with van der Waals surface area (Å²) in [6.45, 7) is 1.74. The molecule has 1 aromatic heterocycles. The number of thioether (sulfide) groups is 1. The molecule has 1 amide bonds. The molecular formula is C22H22N2OS. The molecular weight excluding hydrogens is 340 g/mol. The van der Waals surface area contributed by atoms with Crippen molar-refractivity contribution in [2.75, 3.05) is 13.1 Å². The zero-order valence-electron chi connectivity index (χ0n) is 14.7. The lowest BCUT2D eigenvalue weighted by atomic mass is 9.89. The second-order valence-corrected chi connectivity index (χ2v) is 8.55. The van der Waals surface area contributed by atoms with E-state index >= 15 is 0 Å². The normalized spacial score (nSPS) is 20.5. The van der Waals surface area contributed by atoms with Crippen LogP contribution in [0.1, 0.15) is 29.9 Å². The summed E-state index contributed by atoms with van der Waals surface area (Å²) in [5.41, 5.74) is 3.95. The number of H-pyrrole nitrogens is 1. The Morgan fingerprint density at radius 2 is 1.81 bits per heavy atom. The minimum absolute atomic E-state index is 0.0667. The van der Waals surface area contributed by atoms with E-state index in [0.717, 1.165) is 32.4 Å². The third kappa shape index (κ3) is 2.73. The van der Waals surface area contributed by atoms with Gasteiger partial charge in [0, 0.05) is 35.1 Å². The highest BCUT2D eigenvalue weighted by Crippen LogP contribution is 2.39. The molecule has 5 rings (SSSR count). The van der Waals surface area contributed by atoms with Crippen molar-refractivity contribution in [1.29, 1.82) is 0 Å². The van der Waals surface area contributed by atoms with Crippen molar-refractivity contribution >= 4 is 28.6 Å². The minimum atomic E-state index is 0.0667. The molecule has 2 aliphatic rings. The van der Waals surface area contributed by atoms with E-state index in [1.165, 1.54) is 26.9 Å². The molecule has 3 nitrogen and oxygen atoms in total. The van der Waals surface area contributed by atoms with Gasteiger partial charge < -0.3 is 9.88 Å². The van der Waals surface area contributed by atoms with E-state index in [9.17, 15) is 4.79 Å². The highest BCUT2D eigenvalue weighted by Gasteiger charge is 2.33. The van der Waals surface area contributed by atoms with Gasteiger partial charge >= 0.3 is 0 Å². The van der Waals surface area contributed by atoms with Gasteiger partial charge in [-0.25, -0.2) is 0 Å². The number of amides is 1. The van der Waals surface area contributed by atoms with Crippen LogP contribution in [-0.4, -0.2) is 34.1 Å². The second kappa shape index (κ2) is 6.51. The molecule has 1 N–H and O–H groups in total. The van der Waals surface area contributed by atoms with Crippen LogP contribution in [0.3, 0.4) is 0 Å². The molecule has 0 bridgehead atoms. The van der Waals surface area contributed by atoms with E-state index in [2.05, 4.69) is 64.6 Å². The molecule has 1 saturated heterocycles. The number of piperidine rings is 1. The van der Waals surface area contributed by atoms with Gasteiger partial charge in [0.15, 0.2) is 0 Å². The van der Waals surface area contributed by atoms with Crippen LogP contribution in [0, 0.1) is 0 Å². The van der Waals surface area contributed by atoms with Gasteiger partial charge in [0.1, 0.15) is 0 Å². The number of aromatic amines is 1. The number of para-hydroxylation sites is 1. The molecule has 132 valence electrons. The summed E-state index contributed by atoms with van der Waals surface area (Å²) in [6, 6.07) is 16.9. The number of fused-ring (bicyclic) bond motifs is 2. The van der Waals surface area contributed by atoms with Gasteiger partial charge in [-0.05, 0) is 48.4 Å². The van der Waals surface area contributed by atoms with Crippen molar-refractivity contribution in [1.82, 2.24) is 9.88 Å². The number of likely N-dealkylation sites (tertiary alicyclic amines) is 1. The molecule has 0 radical (unpaired) electrons. The van der Waals surface area contributed by atoms with Crippen LogP contribution in [0.25, 0.3) is 10.9 Å². The summed E-state index contributed by atoms with van der Waals surface area (Å²) in [5, 5.41) is 1.40. The summed E-state index contributed by atoms with van der Waals surface area (Å²) in [4.78, 5) is 19.7. The van der Waals surface area contributed by atoms with Gasteiger partial charge in [-0.1, -0.05) is 36.4 Å². The summed E-state index contributed by atoms with van der Waals surface area (Å²) >= 11 is 1.74. The standard InChI is InChI=1S/C22H22N2OS/c25-22(21-13-16-5-1-4-8-20(16)26-21)24-11-9-15(10-12-24)18-14-23-19-7-3-2-6-17(18)19/h1-8,14-15,21,23H,9-13H2. The molecule has 1 unspecified atom stereocenters. The number of nitrogens with one attached hydrogen (secondary N) is 1. The quantitative estimate of drug-likeness (QED) is 0.724. The van der Waals surface area contributed by atoms with Crippen LogP contribution in [0.4, 0.5) is 0 Å². The van der Waals surface area contributed by atoms with Crippen LogP contribution in [-0.2, 0) is 11.2 Å². The summed E-state index contributed by atoms with van der Waals surface area (Å²) in [6.07, 6.45) is 5.15. The Morgan fingerprint density at radius 1 is 1.04 bits per heavy atom. The lowest BCUT2D eigenvalue weighted by molar-refractivity contribution is -0.131. The van der Waals surface area contributed by atoms with E-state index in [1.807, 2.05) is 0 Å². The molecule has 2 aliphatic heterocycles. The van der Waals surface area contributed by atoms with Gasteiger partial charge in [0.2, 0.25) is 5.91 Å². The Morgan fingerprint density at radius 3 is 2.65 bits per heavy atom. The average molecular weight is 362 g/mol. The highest BCUT2D eigenvalue weighted by atomic mass is 32.2. The van der Waals surface area contributed by atoms with Crippen LogP contribution < -0.4 is 0 Å². The first kappa shape index (κ1) is 16.0. The van der Waals surface area contributed by atoms with Crippen LogP contribution in [0.5, 0.6) is 0 Å². The first-order chi connectivity index (χ1) is 12.8. The molecule has 4 heteroatoms. The van der Waals surface area contributed by atoms with Crippen molar-refractivity contribution in [3.63, 3.8) is 0 Å². The number of nitrogens with zero attached hydrogens (tertiary/aromatic N) is 1. The Hall–Kier alpha value is -2.20. The largest absolute Gasteiger partial charge is 0.361 e. The second-order valence-electron chi connectivity index (χ2n) is 7.31. The molecule has 0 spiro atoms. The van der Waals surface area contributed by atoms with Crippen LogP contribution in [0.2, 0.25) is 0 Å². The highest BCUT2D eigenvalue weighted by molar-refractivity contribution is 8.01. The number of benzene rings is 2. The molecule has 2 aromatic carbocycles. The third-order valence-electron chi connectivity index (χ3n) is 5.79. The monoisotopic (exact) mass is 362 g/mol.